The molecule has 126 valence electrons. The number of methoxy groups -OCH3 is 2. The van der Waals surface area contributed by atoms with Crippen LogP contribution in [0.25, 0.3) is 0 Å². The summed E-state index contributed by atoms with van der Waals surface area (Å²) in [4.78, 5) is 0. The number of hydrogen-bond acceptors (Lipinski definition) is 4. The van der Waals surface area contributed by atoms with Crippen molar-refractivity contribution < 1.29 is 19.3 Å². The Morgan fingerprint density at radius 2 is 1.78 bits per heavy atom. The second-order valence-corrected chi connectivity index (χ2v) is 7.14. The molecule has 0 amide bonds. The van der Waals surface area contributed by atoms with Crippen molar-refractivity contribution in [2.75, 3.05) is 14.2 Å². The molecule has 3 rings (SSSR count). The number of aromatic hydroxyl groups is 1. The van der Waals surface area contributed by atoms with Gasteiger partial charge in [0, 0.05) is 5.92 Å². The molecule has 0 radical (unpaired) electrons. The first-order valence-electron chi connectivity index (χ1n) is 8.16. The molecule has 1 aliphatic heterocycles. The van der Waals surface area contributed by atoms with Gasteiger partial charge in [-0.3, -0.25) is 0 Å². The molecule has 3 atom stereocenters. The Bertz CT molecular complexity index is 607. The predicted molar refractivity (Wildman–Crippen MR) is 89.1 cm³/mol. The summed E-state index contributed by atoms with van der Waals surface area (Å²) in [5.74, 6) is 1.78. The number of fused-ring (bicyclic) bond motifs is 2. The molecule has 0 unspecified atom stereocenters. The smallest absolute Gasteiger partial charge is 0.200 e. The third-order valence-corrected chi connectivity index (χ3v) is 5.46. The fraction of sp³-hybridized carbons (Fsp3) is 0.579. The number of ether oxygens (including phenoxy) is 3. The molecule has 1 aliphatic carbocycles. The SMILES string of the molecule is COc1cc([C@@H]2OC(C)(C)[C@@H]3CC=C(C)[C@H]2C3)cc(OC)c1O. The van der Waals surface area contributed by atoms with E-state index < -0.39 is 0 Å². The van der Waals surface area contributed by atoms with E-state index in [2.05, 4.69) is 26.8 Å². The largest absolute Gasteiger partial charge is 0.502 e. The van der Waals surface area contributed by atoms with Crippen LogP contribution in [-0.4, -0.2) is 24.9 Å². The Balaban J connectivity index is 2.06. The molecule has 1 saturated heterocycles. The Labute approximate surface area is 138 Å². The van der Waals surface area contributed by atoms with Crippen LogP contribution in [0.1, 0.15) is 45.3 Å². The van der Waals surface area contributed by atoms with Gasteiger partial charge in [-0.15, -0.1) is 0 Å². The molecule has 0 aromatic heterocycles. The maximum absolute atomic E-state index is 10.1. The van der Waals surface area contributed by atoms with E-state index in [0.29, 0.717) is 23.3 Å². The highest BCUT2D eigenvalue weighted by Gasteiger charge is 2.45. The molecule has 2 aliphatic rings. The molecule has 1 heterocycles. The Kier molecular flexibility index (Phi) is 4.05. The average molecular weight is 318 g/mol. The van der Waals surface area contributed by atoms with Crippen molar-refractivity contribution in [3.8, 4) is 17.2 Å². The molecule has 1 aromatic rings. The summed E-state index contributed by atoms with van der Waals surface area (Å²) < 4.78 is 17.1. The minimum absolute atomic E-state index is 0.0302. The van der Waals surface area contributed by atoms with Crippen LogP contribution in [-0.2, 0) is 4.74 Å². The molecule has 2 bridgehead atoms. The van der Waals surface area contributed by atoms with Crippen molar-refractivity contribution in [2.45, 2.75) is 45.3 Å². The van der Waals surface area contributed by atoms with Crippen LogP contribution in [0, 0.1) is 11.8 Å². The summed E-state index contributed by atoms with van der Waals surface area (Å²) in [7, 11) is 3.09. The molecule has 4 nitrogen and oxygen atoms in total. The Hall–Kier alpha value is -1.68. The lowest BCUT2D eigenvalue weighted by Crippen LogP contribution is -2.45. The fourth-order valence-electron chi connectivity index (χ4n) is 3.88. The molecular formula is C19H26O4. The van der Waals surface area contributed by atoms with Crippen LogP contribution in [0.2, 0.25) is 0 Å². The zero-order valence-corrected chi connectivity index (χ0v) is 14.6. The highest BCUT2D eigenvalue weighted by Crippen LogP contribution is 2.52. The number of phenols is 1. The summed E-state index contributed by atoms with van der Waals surface area (Å²) >= 11 is 0. The van der Waals surface area contributed by atoms with Gasteiger partial charge in [0.2, 0.25) is 5.75 Å². The second-order valence-electron chi connectivity index (χ2n) is 7.14. The van der Waals surface area contributed by atoms with Crippen molar-refractivity contribution in [3.63, 3.8) is 0 Å². The van der Waals surface area contributed by atoms with E-state index in [9.17, 15) is 5.11 Å². The van der Waals surface area contributed by atoms with Crippen LogP contribution < -0.4 is 9.47 Å². The summed E-state index contributed by atoms with van der Waals surface area (Å²) in [6, 6.07) is 3.72. The zero-order chi connectivity index (χ0) is 16.8. The van der Waals surface area contributed by atoms with E-state index in [4.69, 9.17) is 14.2 Å². The summed E-state index contributed by atoms with van der Waals surface area (Å²) in [6.07, 6.45) is 4.52. The number of rotatable bonds is 3. The van der Waals surface area contributed by atoms with Crippen molar-refractivity contribution in [2.24, 2.45) is 11.8 Å². The first-order valence-corrected chi connectivity index (χ1v) is 8.16. The van der Waals surface area contributed by atoms with Crippen molar-refractivity contribution in [1.82, 2.24) is 0 Å². The minimum Gasteiger partial charge on any atom is -0.502 e. The lowest BCUT2D eigenvalue weighted by Gasteiger charge is -2.49. The van der Waals surface area contributed by atoms with Crippen LogP contribution in [0.4, 0.5) is 0 Å². The molecule has 4 heteroatoms. The molecule has 0 saturated carbocycles. The number of phenolic OH excluding ortho intramolecular Hbond substituents is 1. The predicted octanol–water partition coefficient (Wildman–Crippen LogP) is 4.23. The van der Waals surface area contributed by atoms with E-state index in [0.717, 1.165) is 18.4 Å². The van der Waals surface area contributed by atoms with Crippen LogP contribution >= 0.6 is 0 Å². The zero-order valence-electron chi connectivity index (χ0n) is 14.6. The van der Waals surface area contributed by atoms with Gasteiger partial charge in [-0.05, 0) is 57.2 Å². The second kappa shape index (κ2) is 5.75. The third kappa shape index (κ3) is 2.69. The fourth-order valence-corrected chi connectivity index (χ4v) is 3.88. The molecule has 1 aromatic carbocycles. The van der Waals surface area contributed by atoms with E-state index in [1.165, 1.54) is 5.57 Å². The first-order chi connectivity index (χ1) is 10.9. The minimum atomic E-state index is -0.170. The van der Waals surface area contributed by atoms with Gasteiger partial charge in [0.15, 0.2) is 11.5 Å². The number of hydrogen-bond donors (Lipinski definition) is 1. The summed E-state index contributed by atoms with van der Waals surface area (Å²) in [6.45, 7) is 6.53. The van der Waals surface area contributed by atoms with Gasteiger partial charge in [0.1, 0.15) is 0 Å². The molecule has 1 fully saturated rings. The highest BCUT2D eigenvalue weighted by molar-refractivity contribution is 5.53. The van der Waals surface area contributed by atoms with Crippen molar-refractivity contribution in [3.05, 3.63) is 29.3 Å². The van der Waals surface area contributed by atoms with Gasteiger partial charge in [0.25, 0.3) is 0 Å². The maximum atomic E-state index is 10.1. The molecule has 0 spiro atoms. The van der Waals surface area contributed by atoms with Gasteiger partial charge in [0.05, 0.1) is 25.9 Å². The van der Waals surface area contributed by atoms with Gasteiger partial charge >= 0.3 is 0 Å². The van der Waals surface area contributed by atoms with Gasteiger partial charge in [-0.2, -0.15) is 0 Å². The monoisotopic (exact) mass is 318 g/mol. The van der Waals surface area contributed by atoms with Crippen molar-refractivity contribution in [1.29, 1.82) is 0 Å². The normalized spacial score (nSPS) is 28.9. The lowest BCUT2D eigenvalue weighted by molar-refractivity contribution is -0.166. The standard InChI is InChI=1S/C19H26O4/c1-11-6-7-13-10-14(11)18(23-19(13,2)3)12-8-15(21-4)17(20)16(9-12)22-5/h6,8-9,13-14,18,20H,7,10H2,1-5H3/t13-,14-,18+/m1/s1. The Morgan fingerprint density at radius 3 is 2.35 bits per heavy atom. The average Bonchev–Trinajstić information content (AvgIpc) is 2.53. The highest BCUT2D eigenvalue weighted by atomic mass is 16.5. The molecule has 1 N–H and O–H groups in total. The lowest BCUT2D eigenvalue weighted by atomic mass is 9.69. The number of benzene rings is 1. The quantitative estimate of drug-likeness (QED) is 0.847. The van der Waals surface area contributed by atoms with E-state index in [-0.39, 0.29) is 17.5 Å². The van der Waals surface area contributed by atoms with E-state index in [1.54, 1.807) is 14.2 Å². The molecular weight excluding hydrogens is 292 g/mol. The maximum Gasteiger partial charge on any atom is 0.200 e. The third-order valence-electron chi connectivity index (χ3n) is 5.46. The van der Waals surface area contributed by atoms with Gasteiger partial charge < -0.3 is 19.3 Å². The van der Waals surface area contributed by atoms with Crippen LogP contribution in [0.3, 0.4) is 0 Å². The van der Waals surface area contributed by atoms with Crippen LogP contribution in [0.15, 0.2) is 23.8 Å². The van der Waals surface area contributed by atoms with E-state index >= 15 is 0 Å². The van der Waals surface area contributed by atoms with Gasteiger partial charge in [-0.25, -0.2) is 0 Å². The topological polar surface area (TPSA) is 47.9 Å². The van der Waals surface area contributed by atoms with E-state index in [1.807, 2.05) is 12.1 Å². The van der Waals surface area contributed by atoms with Gasteiger partial charge in [-0.1, -0.05) is 11.6 Å². The number of allylic oxidation sites excluding steroid dienone is 1. The molecule has 23 heavy (non-hydrogen) atoms. The summed E-state index contributed by atoms with van der Waals surface area (Å²) in [5.41, 5.74) is 2.20. The summed E-state index contributed by atoms with van der Waals surface area (Å²) in [5, 5.41) is 10.1. The first kappa shape index (κ1) is 16.2. The Morgan fingerprint density at radius 1 is 1.17 bits per heavy atom. The van der Waals surface area contributed by atoms with Crippen molar-refractivity contribution >= 4 is 0 Å². The van der Waals surface area contributed by atoms with Crippen LogP contribution in [0.5, 0.6) is 17.2 Å².